The number of ether oxygens (including phenoxy) is 1. The van der Waals surface area contributed by atoms with Gasteiger partial charge in [0.15, 0.2) is 5.69 Å². The van der Waals surface area contributed by atoms with Crippen molar-refractivity contribution < 1.29 is 14.3 Å². The fourth-order valence-corrected chi connectivity index (χ4v) is 3.24. The molecule has 0 fully saturated rings. The molecular formula is C21H30N4O3S. The summed E-state index contributed by atoms with van der Waals surface area (Å²) in [5.74, 6) is -0.371. The van der Waals surface area contributed by atoms with E-state index in [0.29, 0.717) is 23.7 Å². The smallest absolute Gasteiger partial charge is 0.306 e. The van der Waals surface area contributed by atoms with E-state index < -0.39 is 5.60 Å². The summed E-state index contributed by atoms with van der Waals surface area (Å²) in [7, 11) is 0. The Morgan fingerprint density at radius 1 is 1.21 bits per heavy atom. The van der Waals surface area contributed by atoms with Crippen molar-refractivity contribution in [1.82, 2.24) is 15.5 Å². The summed E-state index contributed by atoms with van der Waals surface area (Å²) < 4.78 is 5.28. The zero-order chi connectivity index (χ0) is 21.4. The lowest BCUT2D eigenvalue weighted by Crippen LogP contribution is -2.25. The second kappa shape index (κ2) is 10.4. The van der Waals surface area contributed by atoms with Crippen molar-refractivity contribution in [3.05, 3.63) is 29.5 Å². The Labute approximate surface area is 175 Å². The van der Waals surface area contributed by atoms with Crippen LogP contribution in [0.3, 0.4) is 0 Å². The number of fused-ring (bicyclic) bond motifs is 1. The highest BCUT2D eigenvalue weighted by Crippen LogP contribution is 2.20. The Balaban J connectivity index is 1.72. The molecule has 3 N–H and O–H groups in total. The molecule has 0 spiro atoms. The maximum atomic E-state index is 12.4. The third kappa shape index (κ3) is 7.20. The summed E-state index contributed by atoms with van der Waals surface area (Å²) in [6.07, 6.45) is 5.78. The minimum Gasteiger partial charge on any atom is -0.460 e. The SMILES string of the molecule is CSC(=N)c1ccc2c(C(=O)NCCCCCCC(=O)OC(C)(C)C)n[nH]c2c1. The van der Waals surface area contributed by atoms with E-state index in [9.17, 15) is 9.59 Å². The maximum absolute atomic E-state index is 12.4. The number of amides is 1. The van der Waals surface area contributed by atoms with Gasteiger partial charge in [-0.2, -0.15) is 5.10 Å². The summed E-state index contributed by atoms with van der Waals surface area (Å²) in [4.78, 5) is 24.1. The minimum absolute atomic E-state index is 0.160. The molecule has 1 aromatic carbocycles. The highest BCUT2D eigenvalue weighted by molar-refractivity contribution is 8.13. The number of aromatic amines is 1. The van der Waals surface area contributed by atoms with E-state index in [1.165, 1.54) is 11.8 Å². The molecule has 0 aliphatic rings. The Morgan fingerprint density at radius 2 is 1.93 bits per heavy atom. The van der Waals surface area contributed by atoms with E-state index in [0.717, 1.165) is 42.1 Å². The van der Waals surface area contributed by atoms with Crippen LogP contribution in [0.2, 0.25) is 0 Å². The molecular weight excluding hydrogens is 388 g/mol. The van der Waals surface area contributed by atoms with E-state index in [4.69, 9.17) is 10.1 Å². The van der Waals surface area contributed by atoms with Gasteiger partial charge in [0.2, 0.25) is 0 Å². The van der Waals surface area contributed by atoms with Gasteiger partial charge >= 0.3 is 5.97 Å². The largest absolute Gasteiger partial charge is 0.460 e. The summed E-state index contributed by atoms with van der Waals surface area (Å²) in [5, 5.41) is 19.0. The number of hydrogen-bond acceptors (Lipinski definition) is 6. The van der Waals surface area contributed by atoms with E-state index in [2.05, 4.69) is 15.5 Å². The molecule has 0 aliphatic carbocycles. The Kier molecular flexibility index (Phi) is 8.25. The number of nitrogens with zero attached hydrogens (tertiary/aromatic N) is 1. The van der Waals surface area contributed by atoms with E-state index in [-0.39, 0.29) is 11.9 Å². The third-order valence-corrected chi connectivity index (χ3v) is 4.90. The summed E-state index contributed by atoms with van der Waals surface area (Å²) in [6.45, 7) is 6.16. The molecule has 0 saturated heterocycles. The maximum Gasteiger partial charge on any atom is 0.306 e. The Hall–Kier alpha value is -2.35. The molecule has 7 nitrogen and oxygen atoms in total. The van der Waals surface area contributed by atoms with Crippen molar-refractivity contribution in [3.63, 3.8) is 0 Å². The molecule has 0 aliphatic heterocycles. The number of esters is 1. The lowest BCUT2D eigenvalue weighted by atomic mass is 10.1. The molecule has 0 radical (unpaired) electrons. The van der Waals surface area contributed by atoms with Gasteiger partial charge in [-0.25, -0.2) is 0 Å². The topological polar surface area (TPSA) is 108 Å². The normalized spacial score (nSPS) is 11.4. The monoisotopic (exact) mass is 418 g/mol. The van der Waals surface area contributed by atoms with Gasteiger partial charge in [0, 0.05) is 23.9 Å². The molecule has 29 heavy (non-hydrogen) atoms. The second-order valence-corrected chi connectivity index (χ2v) is 8.69. The number of unbranched alkanes of at least 4 members (excludes halogenated alkanes) is 3. The molecule has 1 aromatic heterocycles. The molecule has 1 amide bonds. The van der Waals surface area contributed by atoms with Gasteiger partial charge in [0.25, 0.3) is 5.91 Å². The van der Waals surface area contributed by atoms with Crippen LogP contribution >= 0.6 is 11.8 Å². The summed E-state index contributed by atoms with van der Waals surface area (Å²) in [5.41, 5.74) is 1.48. The quantitative estimate of drug-likeness (QED) is 0.244. The zero-order valence-corrected chi connectivity index (χ0v) is 18.4. The van der Waals surface area contributed by atoms with Crippen LogP contribution in [-0.2, 0) is 9.53 Å². The number of carbonyl (C=O) groups is 2. The molecule has 1 heterocycles. The molecule has 2 rings (SSSR count). The van der Waals surface area contributed by atoms with Gasteiger partial charge in [-0.3, -0.25) is 20.1 Å². The van der Waals surface area contributed by atoms with Crippen LogP contribution in [-0.4, -0.2) is 45.5 Å². The lowest BCUT2D eigenvalue weighted by molar-refractivity contribution is -0.154. The molecule has 0 atom stereocenters. The van der Waals surface area contributed by atoms with Crippen LogP contribution in [0, 0.1) is 5.41 Å². The highest BCUT2D eigenvalue weighted by atomic mass is 32.2. The van der Waals surface area contributed by atoms with E-state index in [1.807, 2.05) is 45.2 Å². The van der Waals surface area contributed by atoms with E-state index in [1.54, 1.807) is 0 Å². The fraction of sp³-hybridized carbons (Fsp3) is 0.524. The third-order valence-electron chi connectivity index (χ3n) is 4.26. The molecule has 2 aromatic rings. The first kappa shape index (κ1) is 22.9. The number of rotatable bonds is 9. The average molecular weight is 419 g/mol. The zero-order valence-electron chi connectivity index (χ0n) is 17.6. The molecule has 0 unspecified atom stereocenters. The van der Waals surface area contributed by atoms with Gasteiger partial charge in [-0.15, -0.1) is 11.8 Å². The number of H-pyrrole nitrogens is 1. The van der Waals surface area contributed by atoms with Gasteiger partial charge in [0.1, 0.15) is 5.60 Å². The number of hydrogen-bond donors (Lipinski definition) is 3. The van der Waals surface area contributed by atoms with Crippen LogP contribution in [0.15, 0.2) is 18.2 Å². The van der Waals surface area contributed by atoms with Crippen LogP contribution in [0.1, 0.15) is 68.9 Å². The predicted octanol–water partition coefficient (Wildman–Crippen LogP) is 4.27. The number of thioether (sulfide) groups is 1. The average Bonchev–Trinajstić information content (AvgIpc) is 3.08. The molecule has 0 bridgehead atoms. The van der Waals surface area contributed by atoms with Gasteiger partial charge in [-0.05, 0) is 52.0 Å². The number of aromatic nitrogens is 2. The molecule has 0 saturated carbocycles. The first-order valence-electron chi connectivity index (χ1n) is 9.82. The highest BCUT2D eigenvalue weighted by Gasteiger charge is 2.16. The minimum atomic E-state index is -0.434. The van der Waals surface area contributed by atoms with Crippen molar-refractivity contribution >= 4 is 39.6 Å². The summed E-state index contributed by atoms with van der Waals surface area (Å²) >= 11 is 1.37. The molecule has 8 heteroatoms. The first-order valence-corrected chi connectivity index (χ1v) is 11.0. The number of carbonyl (C=O) groups excluding carboxylic acids is 2. The van der Waals surface area contributed by atoms with Crippen molar-refractivity contribution in [2.75, 3.05) is 12.8 Å². The van der Waals surface area contributed by atoms with Gasteiger partial charge in [0.05, 0.1) is 10.6 Å². The lowest BCUT2D eigenvalue weighted by Gasteiger charge is -2.19. The second-order valence-electron chi connectivity index (χ2n) is 7.87. The Bertz CT molecular complexity index is 870. The van der Waals surface area contributed by atoms with Crippen molar-refractivity contribution in [2.45, 2.75) is 58.5 Å². The van der Waals surface area contributed by atoms with Crippen molar-refractivity contribution in [1.29, 1.82) is 5.41 Å². The predicted molar refractivity (Wildman–Crippen MR) is 118 cm³/mol. The fourth-order valence-electron chi connectivity index (χ4n) is 2.88. The summed E-state index contributed by atoms with van der Waals surface area (Å²) in [6, 6.07) is 5.49. The van der Waals surface area contributed by atoms with Gasteiger partial charge in [-0.1, -0.05) is 18.9 Å². The van der Waals surface area contributed by atoms with Crippen molar-refractivity contribution in [2.24, 2.45) is 0 Å². The van der Waals surface area contributed by atoms with Crippen molar-refractivity contribution in [3.8, 4) is 0 Å². The van der Waals surface area contributed by atoms with Crippen LogP contribution in [0.5, 0.6) is 0 Å². The van der Waals surface area contributed by atoms with Crippen LogP contribution in [0.4, 0.5) is 0 Å². The van der Waals surface area contributed by atoms with Crippen LogP contribution < -0.4 is 5.32 Å². The Morgan fingerprint density at radius 3 is 2.62 bits per heavy atom. The number of benzene rings is 1. The van der Waals surface area contributed by atoms with Crippen LogP contribution in [0.25, 0.3) is 10.9 Å². The van der Waals surface area contributed by atoms with E-state index >= 15 is 0 Å². The van der Waals surface area contributed by atoms with Gasteiger partial charge < -0.3 is 10.1 Å². The standard InChI is InChI=1S/C21H30N4O3S/c1-21(2,3)28-17(26)9-7-5-6-8-12-23-20(27)18-15-11-10-14(19(22)29-4)13-16(15)24-25-18/h10-11,13,22H,5-9,12H2,1-4H3,(H,23,27)(H,24,25). The number of nitrogens with one attached hydrogen (secondary N) is 3. The first-order chi connectivity index (χ1) is 13.7. The molecule has 158 valence electrons.